The topological polar surface area (TPSA) is 48.0 Å². The van der Waals surface area contributed by atoms with Crippen LogP contribution < -0.4 is 5.76 Å². The first-order chi connectivity index (χ1) is 6.86. The number of rotatable bonds is 0. The maximum Gasteiger partial charge on any atom is 0.446 e. The standard InChI is InChI=1S/C10H8N2O2/c13-10-12-8-4-2-1-3-7(8)5-6-9(12)11-14-10/h1-4H,5-6H2. The van der Waals surface area contributed by atoms with Gasteiger partial charge in [0.2, 0.25) is 0 Å². The van der Waals surface area contributed by atoms with E-state index in [0.717, 1.165) is 18.5 Å². The molecule has 2 heterocycles. The number of hydrogen-bond acceptors (Lipinski definition) is 3. The average Bonchev–Trinajstić information content (AvgIpc) is 2.61. The molecular formula is C10H8N2O2. The lowest BCUT2D eigenvalue weighted by molar-refractivity contribution is 0.379. The van der Waals surface area contributed by atoms with Crippen LogP contribution in [0.2, 0.25) is 0 Å². The monoisotopic (exact) mass is 188 g/mol. The van der Waals surface area contributed by atoms with Gasteiger partial charge in [0, 0.05) is 6.42 Å². The summed E-state index contributed by atoms with van der Waals surface area (Å²) < 4.78 is 6.17. The summed E-state index contributed by atoms with van der Waals surface area (Å²) in [7, 11) is 0. The van der Waals surface area contributed by atoms with Crippen LogP contribution in [0.5, 0.6) is 0 Å². The largest absolute Gasteiger partial charge is 0.446 e. The normalized spacial score (nSPS) is 13.4. The maximum absolute atomic E-state index is 11.4. The molecule has 3 rings (SSSR count). The number of fused-ring (bicyclic) bond motifs is 3. The third kappa shape index (κ3) is 0.878. The van der Waals surface area contributed by atoms with Crippen LogP contribution in [0.15, 0.2) is 33.6 Å². The van der Waals surface area contributed by atoms with Crippen molar-refractivity contribution in [2.24, 2.45) is 0 Å². The summed E-state index contributed by atoms with van der Waals surface area (Å²) in [6.07, 6.45) is 1.69. The Morgan fingerprint density at radius 1 is 1.29 bits per heavy atom. The fourth-order valence-electron chi connectivity index (χ4n) is 1.86. The minimum Gasteiger partial charge on any atom is -0.296 e. The van der Waals surface area contributed by atoms with Gasteiger partial charge in [0.1, 0.15) is 0 Å². The van der Waals surface area contributed by atoms with Crippen molar-refractivity contribution in [2.75, 3.05) is 0 Å². The molecule has 0 spiro atoms. The number of para-hydroxylation sites is 1. The van der Waals surface area contributed by atoms with E-state index in [1.54, 1.807) is 4.57 Å². The molecular weight excluding hydrogens is 180 g/mol. The predicted octanol–water partition coefficient (Wildman–Crippen LogP) is 0.924. The molecule has 0 bridgehead atoms. The molecule has 1 aromatic heterocycles. The second-order valence-corrected chi connectivity index (χ2v) is 3.33. The molecule has 0 aliphatic carbocycles. The van der Waals surface area contributed by atoms with Gasteiger partial charge in [-0.25, -0.2) is 9.36 Å². The van der Waals surface area contributed by atoms with E-state index in [1.165, 1.54) is 5.56 Å². The minimum absolute atomic E-state index is 0.396. The molecule has 0 fully saturated rings. The zero-order valence-corrected chi connectivity index (χ0v) is 7.43. The van der Waals surface area contributed by atoms with Crippen LogP contribution in [-0.4, -0.2) is 9.72 Å². The molecule has 1 aliphatic heterocycles. The van der Waals surface area contributed by atoms with Gasteiger partial charge in [0.15, 0.2) is 5.82 Å². The van der Waals surface area contributed by atoms with Crippen molar-refractivity contribution >= 4 is 0 Å². The van der Waals surface area contributed by atoms with E-state index in [1.807, 2.05) is 24.3 Å². The van der Waals surface area contributed by atoms with Crippen molar-refractivity contribution in [1.29, 1.82) is 0 Å². The zero-order valence-electron chi connectivity index (χ0n) is 7.43. The Morgan fingerprint density at radius 3 is 3.07 bits per heavy atom. The number of aromatic nitrogens is 2. The van der Waals surface area contributed by atoms with E-state index in [0.29, 0.717) is 5.82 Å². The lowest BCUT2D eigenvalue weighted by atomic mass is 10.0. The van der Waals surface area contributed by atoms with Crippen LogP contribution in [0, 0.1) is 0 Å². The van der Waals surface area contributed by atoms with Crippen LogP contribution >= 0.6 is 0 Å². The van der Waals surface area contributed by atoms with Crippen molar-refractivity contribution in [3.8, 4) is 5.69 Å². The summed E-state index contributed by atoms with van der Waals surface area (Å²) in [5, 5.41) is 3.73. The Kier molecular flexibility index (Phi) is 1.39. The van der Waals surface area contributed by atoms with Gasteiger partial charge in [-0.1, -0.05) is 23.4 Å². The Bertz CT molecular complexity index is 539. The van der Waals surface area contributed by atoms with Crippen LogP contribution in [0.1, 0.15) is 11.4 Å². The van der Waals surface area contributed by atoms with Crippen molar-refractivity contribution in [2.45, 2.75) is 12.8 Å². The van der Waals surface area contributed by atoms with Gasteiger partial charge in [0.25, 0.3) is 0 Å². The molecule has 2 aromatic rings. The SMILES string of the molecule is O=c1onc2n1-c1ccccc1CC2. The van der Waals surface area contributed by atoms with Gasteiger partial charge in [-0.2, -0.15) is 0 Å². The van der Waals surface area contributed by atoms with Gasteiger partial charge in [0.05, 0.1) is 5.69 Å². The van der Waals surface area contributed by atoms with Crippen molar-refractivity contribution in [3.63, 3.8) is 0 Å². The summed E-state index contributed by atoms with van der Waals surface area (Å²) in [4.78, 5) is 11.4. The van der Waals surface area contributed by atoms with E-state index in [2.05, 4.69) is 9.68 Å². The molecule has 0 radical (unpaired) electrons. The molecule has 0 saturated heterocycles. The number of benzene rings is 1. The third-order valence-electron chi connectivity index (χ3n) is 2.52. The van der Waals surface area contributed by atoms with Crippen molar-refractivity contribution in [1.82, 2.24) is 9.72 Å². The Morgan fingerprint density at radius 2 is 2.14 bits per heavy atom. The molecule has 0 unspecified atom stereocenters. The lowest BCUT2D eigenvalue weighted by Crippen LogP contribution is -2.20. The van der Waals surface area contributed by atoms with E-state index < -0.39 is 5.76 Å². The smallest absolute Gasteiger partial charge is 0.296 e. The van der Waals surface area contributed by atoms with Gasteiger partial charge >= 0.3 is 5.76 Å². The third-order valence-corrected chi connectivity index (χ3v) is 2.52. The second-order valence-electron chi connectivity index (χ2n) is 3.33. The molecule has 4 nitrogen and oxygen atoms in total. The van der Waals surface area contributed by atoms with Gasteiger partial charge < -0.3 is 0 Å². The average molecular weight is 188 g/mol. The number of aryl methyl sites for hydroxylation is 2. The summed E-state index contributed by atoms with van der Waals surface area (Å²) in [6, 6.07) is 7.82. The van der Waals surface area contributed by atoms with Gasteiger partial charge in [-0.05, 0) is 18.1 Å². The maximum atomic E-state index is 11.4. The first-order valence-corrected chi connectivity index (χ1v) is 4.52. The summed E-state index contributed by atoms with van der Waals surface area (Å²) >= 11 is 0. The Labute approximate surface area is 79.8 Å². The molecule has 0 atom stereocenters. The Balaban J connectivity index is 2.38. The first-order valence-electron chi connectivity index (χ1n) is 4.52. The highest BCUT2D eigenvalue weighted by Crippen LogP contribution is 2.20. The molecule has 1 aliphatic rings. The van der Waals surface area contributed by atoms with Gasteiger partial charge in [-0.15, -0.1) is 0 Å². The van der Waals surface area contributed by atoms with Crippen LogP contribution in [0.3, 0.4) is 0 Å². The molecule has 0 saturated carbocycles. The lowest BCUT2D eigenvalue weighted by Gasteiger charge is -2.14. The number of hydrogen-bond donors (Lipinski definition) is 0. The van der Waals surface area contributed by atoms with Crippen LogP contribution in [0.25, 0.3) is 5.69 Å². The van der Waals surface area contributed by atoms with Gasteiger partial charge in [-0.3, -0.25) is 4.52 Å². The fraction of sp³-hybridized carbons (Fsp3) is 0.200. The molecule has 4 heteroatoms. The first kappa shape index (κ1) is 7.55. The quantitative estimate of drug-likeness (QED) is 0.617. The summed E-state index contributed by atoms with van der Waals surface area (Å²) in [6.45, 7) is 0. The highest BCUT2D eigenvalue weighted by molar-refractivity contribution is 5.43. The van der Waals surface area contributed by atoms with E-state index in [-0.39, 0.29) is 0 Å². The molecule has 1 aromatic carbocycles. The van der Waals surface area contributed by atoms with Crippen LogP contribution in [0.4, 0.5) is 0 Å². The van der Waals surface area contributed by atoms with Crippen molar-refractivity contribution < 1.29 is 4.52 Å². The molecule has 14 heavy (non-hydrogen) atoms. The highest BCUT2D eigenvalue weighted by atomic mass is 16.5. The summed E-state index contributed by atoms with van der Waals surface area (Å²) in [5.41, 5.74) is 2.07. The van der Waals surface area contributed by atoms with Crippen molar-refractivity contribution in [3.05, 3.63) is 46.2 Å². The molecule has 70 valence electrons. The minimum atomic E-state index is -0.396. The fourth-order valence-corrected chi connectivity index (χ4v) is 1.86. The summed E-state index contributed by atoms with van der Waals surface area (Å²) in [5.74, 6) is 0.320. The molecule has 0 N–H and O–H groups in total. The zero-order chi connectivity index (χ0) is 9.54. The van der Waals surface area contributed by atoms with E-state index >= 15 is 0 Å². The second kappa shape index (κ2) is 2.57. The predicted molar refractivity (Wildman–Crippen MR) is 49.5 cm³/mol. The van der Waals surface area contributed by atoms with E-state index in [4.69, 9.17) is 0 Å². The molecule has 0 amide bonds. The van der Waals surface area contributed by atoms with Crippen LogP contribution in [-0.2, 0) is 12.8 Å². The Hall–Kier alpha value is -1.84. The van der Waals surface area contributed by atoms with E-state index in [9.17, 15) is 4.79 Å². The number of nitrogens with zero attached hydrogens (tertiary/aromatic N) is 2. The highest BCUT2D eigenvalue weighted by Gasteiger charge is 2.19.